The molecular formula is C10H12N4OS2. The van der Waals surface area contributed by atoms with E-state index < -0.39 is 0 Å². The number of nitrogens with two attached hydrogens (primary N) is 1. The van der Waals surface area contributed by atoms with Crippen molar-refractivity contribution in [3.8, 4) is 10.7 Å². The number of nitrogens with one attached hydrogen (secondary N) is 1. The van der Waals surface area contributed by atoms with Gasteiger partial charge in [0.05, 0.1) is 4.88 Å². The van der Waals surface area contributed by atoms with Crippen molar-refractivity contribution in [2.75, 3.05) is 0 Å². The van der Waals surface area contributed by atoms with Gasteiger partial charge < -0.3 is 5.73 Å². The third-order valence-electron chi connectivity index (χ3n) is 2.38. The van der Waals surface area contributed by atoms with Gasteiger partial charge in [-0.05, 0) is 30.6 Å². The monoisotopic (exact) mass is 268 g/mol. The molecule has 0 radical (unpaired) electrons. The van der Waals surface area contributed by atoms with E-state index in [0.29, 0.717) is 4.77 Å². The topological polar surface area (TPSA) is 76.7 Å². The highest BCUT2D eigenvalue weighted by Gasteiger charge is 2.16. The predicted molar refractivity (Wildman–Crippen MR) is 69.2 cm³/mol. The van der Waals surface area contributed by atoms with Crippen LogP contribution >= 0.6 is 23.6 Å². The van der Waals surface area contributed by atoms with Crippen LogP contribution in [0, 0.1) is 4.77 Å². The Morgan fingerprint density at radius 1 is 1.76 bits per heavy atom. The van der Waals surface area contributed by atoms with Crippen LogP contribution in [-0.4, -0.2) is 20.7 Å². The van der Waals surface area contributed by atoms with Crippen molar-refractivity contribution in [1.82, 2.24) is 14.8 Å². The Morgan fingerprint density at radius 2 is 2.53 bits per heavy atom. The largest absolute Gasteiger partial charge is 0.370 e. The van der Waals surface area contributed by atoms with Crippen LogP contribution in [0.1, 0.15) is 19.4 Å². The summed E-state index contributed by atoms with van der Waals surface area (Å²) in [6, 6.07) is 3.81. The minimum absolute atomic E-state index is 0.101. The molecule has 0 saturated carbocycles. The van der Waals surface area contributed by atoms with E-state index in [-0.39, 0.29) is 18.4 Å². The lowest BCUT2D eigenvalue weighted by atomic mass is 10.2. The van der Waals surface area contributed by atoms with Gasteiger partial charge in [-0.1, -0.05) is 6.07 Å². The Kier molecular flexibility index (Phi) is 3.39. The first kappa shape index (κ1) is 12.0. The van der Waals surface area contributed by atoms with Crippen LogP contribution in [0.15, 0.2) is 17.5 Å². The van der Waals surface area contributed by atoms with Crippen LogP contribution in [-0.2, 0) is 4.79 Å². The van der Waals surface area contributed by atoms with Crippen molar-refractivity contribution in [3.05, 3.63) is 22.3 Å². The van der Waals surface area contributed by atoms with Gasteiger partial charge >= 0.3 is 0 Å². The molecule has 5 nitrogen and oxygen atoms in total. The smallest absolute Gasteiger partial charge is 0.219 e. The summed E-state index contributed by atoms with van der Waals surface area (Å²) in [6.07, 6.45) is 0.242. The summed E-state index contributed by atoms with van der Waals surface area (Å²) in [5, 5.41) is 8.91. The van der Waals surface area contributed by atoms with Gasteiger partial charge in [0, 0.05) is 12.5 Å². The molecule has 2 aromatic rings. The Morgan fingerprint density at radius 3 is 3.12 bits per heavy atom. The molecule has 0 spiro atoms. The summed E-state index contributed by atoms with van der Waals surface area (Å²) in [7, 11) is 0. The maximum absolute atomic E-state index is 11.0. The summed E-state index contributed by atoms with van der Waals surface area (Å²) in [5.41, 5.74) is 5.20. The second kappa shape index (κ2) is 4.80. The minimum atomic E-state index is -0.349. The lowest BCUT2D eigenvalue weighted by Gasteiger charge is -2.12. The molecule has 0 aliphatic carbocycles. The van der Waals surface area contributed by atoms with Crippen molar-refractivity contribution in [2.45, 2.75) is 19.4 Å². The number of H-pyrrole nitrogens is 1. The van der Waals surface area contributed by atoms with E-state index in [1.54, 1.807) is 11.3 Å². The highest BCUT2D eigenvalue weighted by molar-refractivity contribution is 7.71. The second-order valence-corrected chi connectivity index (χ2v) is 5.05. The molecule has 1 amide bonds. The van der Waals surface area contributed by atoms with Gasteiger partial charge in [0.25, 0.3) is 0 Å². The molecule has 3 N–H and O–H groups in total. The lowest BCUT2D eigenvalue weighted by molar-refractivity contribution is -0.118. The summed E-state index contributed by atoms with van der Waals surface area (Å²) in [4.78, 5) is 12.0. The first-order valence-corrected chi connectivity index (χ1v) is 6.37. The number of hydrogen-bond acceptors (Lipinski definition) is 4. The van der Waals surface area contributed by atoms with E-state index in [0.717, 1.165) is 10.7 Å². The molecule has 2 rings (SSSR count). The average molecular weight is 268 g/mol. The standard InChI is InChI=1S/C10H12N4OS2/c1-6(5-8(11)15)14-9(12-13-10(14)16)7-3-2-4-17-7/h2-4,6H,5H2,1H3,(H2,11,15)(H,13,16). The van der Waals surface area contributed by atoms with Crippen LogP contribution < -0.4 is 5.73 Å². The molecule has 0 aromatic carbocycles. The van der Waals surface area contributed by atoms with Crippen molar-refractivity contribution < 1.29 is 4.79 Å². The van der Waals surface area contributed by atoms with Crippen LogP contribution in [0.5, 0.6) is 0 Å². The zero-order chi connectivity index (χ0) is 12.4. The number of rotatable bonds is 4. The highest BCUT2D eigenvalue weighted by Crippen LogP contribution is 2.26. The third kappa shape index (κ3) is 2.45. The Balaban J connectivity index is 2.43. The van der Waals surface area contributed by atoms with Gasteiger partial charge in [0.2, 0.25) is 5.91 Å². The van der Waals surface area contributed by atoms with E-state index in [2.05, 4.69) is 10.2 Å². The average Bonchev–Trinajstić information content (AvgIpc) is 2.84. The minimum Gasteiger partial charge on any atom is -0.370 e. The molecule has 0 bridgehead atoms. The number of aromatic nitrogens is 3. The fourth-order valence-corrected chi connectivity index (χ4v) is 2.70. The number of carbonyl (C=O) groups excluding carboxylic acids is 1. The fraction of sp³-hybridized carbons (Fsp3) is 0.300. The summed E-state index contributed by atoms with van der Waals surface area (Å²) in [6.45, 7) is 1.90. The molecule has 1 unspecified atom stereocenters. The molecule has 0 aliphatic rings. The van der Waals surface area contributed by atoms with Crippen LogP contribution in [0.3, 0.4) is 0 Å². The zero-order valence-corrected chi connectivity index (χ0v) is 10.8. The third-order valence-corrected chi connectivity index (χ3v) is 3.54. The first-order valence-electron chi connectivity index (χ1n) is 5.08. The van der Waals surface area contributed by atoms with Gasteiger partial charge in [-0.25, -0.2) is 0 Å². The van der Waals surface area contributed by atoms with Gasteiger partial charge in [-0.2, -0.15) is 5.10 Å². The molecule has 0 aliphatic heterocycles. The normalized spacial score (nSPS) is 12.5. The van der Waals surface area contributed by atoms with Crippen molar-refractivity contribution in [1.29, 1.82) is 0 Å². The maximum Gasteiger partial charge on any atom is 0.219 e. The Hall–Kier alpha value is -1.47. The maximum atomic E-state index is 11.0. The number of carbonyl (C=O) groups is 1. The molecule has 2 aromatic heterocycles. The highest BCUT2D eigenvalue weighted by atomic mass is 32.1. The summed E-state index contributed by atoms with van der Waals surface area (Å²) >= 11 is 6.75. The first-order chi connectivity index (χ1) is 8.09. The Labute approximate surface area is 107 Å². The van der Waals surface area contributed by atoms with Gasteiger partial charge in [-0.3, -0.25) is 14.5 Å². The van der Waals surface area contributed by atoms with Crippen molar-refractivity contribution in [3.63, 3.8) is 0 Å². The summed E-state index contributed by atoms with van der Waals surface area (Å²) in [5.74, 6) is 0.400. The van der Waals surface area contributed by atoms with Crippen LogP contribution in [0.25, 0.3) is 10.7 Å². The number of aromatic amines is 1. The number of amides is 1. The Bertz CT molecular complexity index is 569. The van der Waals surface area contributed by atoms with Gasteiger partial charge in [0.15, 0.2) is 10.6 Å². The fourth-order valence-electron chi connectivity index (χ4n) is 1.68. The molecule has 0 saturated heterocycles. The van der Waals surface area contributed by atoms with Crippen LogP contribution in [0.2, 0.25) is 0 Å². The second-order valence-electron chi connectivity index (χ2n) is 3.72. The SMILES string of the molecule is CC(CC(N)=O)n1c(-c2cccs2)n[nH]c1=S. The number of primary amides is 1. The van der Waals surface area contributed by atoms with Gasteiger partial charge in [0.1, 0.15) is 0 Å². The van der Waals surface area contributed by atoms with Crippen LogP contribution in [0.4, 0.5) is 0 Å². The van der Waals surface area contributed by atoms with Crippen molar-refractivity contribution in [2.24, 2.45) is 5.73 Å². The molecular weight excluding hydrogens is 256 g/mol. The van der Waals surface area contributed by atoms with E-state index >= 15 is 0 Å². The van der Waals surface area contributed by atoms with E-state index in [9.17, 15) is 4.79 Å². The molecule has 2 heterocycles. The van der Waals surface area contributed by atoms with E-state index in [1.165, 1.54) is 0 Å². The molecule has 90 valence electrons. The lowest BCUT2D eigenvalue weighted by Crippen LogP contribution is -2.18. The quantitative estimate of drug-likeness (QED) is 0.834. The molecule has 0 fully saturated rings. The van der Waals surface area contributed by atoms with Crippen molar-refractivity contribution >= 4 is 29.5 Å². The number of thiophene rings is 1. The number of hydrogen-bond donors (Lipinski definition) is 2. The number of nitrogens with zero attached hydrogens (tertiary/aromatic N) is 2. The molecule has 1 atom stereocenters. The zero-order valence-electron chi connectivity index (χ0n) is 9.21. The van der Waals surface area contributed by atoms with E-state index in [4.69, 9.17) is 18.0 Å². The predicted octanol–water partition coefficient (Wildman–Crippen LogP) is 2.11. The summed E-state index contributed by atoms with van der Waals surface area (Å²) < 4.78 is 2.33. The molecule has 17 heavy (non-hydrogen) atoms. The van der Waals surface area contributed by atoms with Gasteiger partial charge in [-0.15, -0.1) is 11.3 Å². The molecule has 7 heteroatoms. The van der Waals surface area contributed by atoms with E-state index in [1.807, 2.05) is 29.0 Å².